The first-order chi connectivity index (χ1) is 15.2. The number of aliphatic carboxylic acids is 1. The third-order valence-corrected chi connectivity index (χ3v) is 6.04. The van der Waals surface area contributed by atoms with Gasteiger partial charge in [0, 0.05) is 25.5 Å². The molecule has 6 nitrogen and oxygen atoms in total. The van der Waals surface area contributed by atoms with Crippen LogP contribution in [-0.4, -0.2) is 35.1 Å². The maximum absolute atomic E-state index is 12.9. The number of hydrogen-bond donors (Lipinski definition) is 2. The second-order valence-corrected chi connectivity index (χ2v) is 9.75. The van der Waals surface area contributed by atoms with Gasteiger partial charge in [-0.2, -0.15) is 0 Å². The van der Waals surface area contributed by atoms with E-state index in [0.29, 0.717) is 30.4 Å². The Morgan fingerprint density at radius 3 is 2.31 bits per heavy atom. The summed E-state index contributed by atoms with van der Waals surface area (Å²) in [5.41, 5.74) is 2.39. The molecule has 1 aromatic carbocycles. The second kappa shape index (κ2) is 10.2. The van der Waals surface area contributed by atoms with Gasteiger partial charge in [0.25, 0.3) is 0 Å². The van der Waals surface area contributed by atoms with Gasteiger partial charge in [-0.25, -0.2) is 0 Å². The predicted molar refractivity (Wildman–Crippen MR) is 128 cm³/mol. The number of benzene rings is 1. The number of pyridine rings is 1. The van der Waals surface area contributed by atoms with Crippen LogP contribution in [0.3, 0.4) is 0 Å². The van der Waals surface area contributed by atoms with Crippen LogP contribution in [-0.2, 0) is 21.4 Å². The molecule has 0 radical (unpaired) electrons. The van der Waals surface area contributed by atoms with Crippen molar-refractivity contribution in [3.05, 3.63) is 53.9 Å². The SMILES string of the molecule is CC(C)CN(CC(C)C)c1ccc(C2(C(=O)O)CCC2)cc1NC(=O)Cc1cccnc1. The normalized spacial score (nSPS) is 14.8. The molecule has 2 aromatic rings. The topological polar surface area (TPSA) is 82.5 Å². The molecule has 0 unspecified atom stereocenters. The minimum atomic E-state index is -0.845. The molecule has 1 amide bonds. The van der Waals surface area contributed by atoms with Gasteiger partial charge in [0.1, 0.15) is 0 Å². The fourth-order valence-corrected chi connectivity index (χ4v) is 4.40. The molecule has 1 aromatic heterocycles. The summed E-state index contributed by atoms with van der Waals surface area (Å²) in [7, 11) is 0. The Bertz CT molecular complexity index is 927. The van der Waals surface area contributed by atoms with E-state index in [4.69, 9.17) is 0 Å². The van der Waals surface area contributed by atoms with Gasteiger partial charge < -0.3 is 15.3 Å². The van der Waals surface area contributed by atoms with E-state index in [-0.39, 0.29) is 12.3 Å². The lowest BCUT2D eigenvalue weighted by molar-refractivity contribution is -0.147. The molecule has 172 valence electrons. The predicted octanol–water partition coefficient (Wildman–Crippen LogP) is 4.89. The summed E-state index contributed by atoms with van der Waals surface area (Å²) >= 11 is 0. The molecule has 1 aliphatic carbocycles. The first kappa shape index (κ1) is 23.8. The molecule has 1 fully saturated rings. The Balaban J connectivity index is 1.97. The highest BCUT2D eigenvalue weighted by Gasteiger charge is 2.46. The lowest BCUT2D eigenvalue weighted by Crippen LogP contribution is -2.42. The van der Waals surface area contributed by atoms with E-state index in [1.165, 1.54) is 0 Å². The van der Waals surface area contributed by atoms with E-state index >= 15 is 0 Å². The van der Waals surface area contributed by atoms with Crippen LogP contribution >= 0.6 is 0 Å². The van der Waals surface area contributed by atoms with E-state index in [1.54, 1.807) is 12.4 Å². The van der Waals surface area contributed by atoms with Gasteiger partial charge in [0.2, 0.25) is 5.91 Å². The van der Waals surface area contributed by atoms with Crippen LogP contribution in [0.1, 0.15) is 58.1 Å². The highest BCUT2D eigenvalue weighted by atomic mass is 16.4. The molecule has 3 rings (SSSR count). The molecule has 2 N–H and O–H groups in total. The molecule has 1 heterocycles. The zero-order valence-corrected chi connectivity index (χ0v) is 19.6. The van der Waals surface area contributed by atoms with Gasteiger partial charge in [0.05, 0.1) is 23.2 Å². The second-order valence-electron chi connectivity index (χ2n) is 9.75. The average Bonchev–Trinajstić information content (AvgIpc) is 2.66. The van der Waals surface area contributed by atoms with Gasteiger partial charge in [-0.05, 0) is 54.0 Å². The number of aromatic nitrogens is 1. The number of amides is 1. The van der Waals surface area contributed by atoms with Crippen molar-refractivity contribution in [2.75, 3.05) is 23.3 Å². The van der Waals surface area contributed by atoms with Crippen LogP contribution in [0, 0.1) is 11.8 Å². The van der Waals surface area contributed by atoms with Gasteiger partial charge in [0.15, 0.2) is 0 Å². The number of hydrogen-bond acceptors (Lipinski definition) is 4. The Labute approximate surface area is 191 Å². The molecule has 6 heteroatoms. The Kier molecular flexibility index (Phi) is 7.54. The zero-order chi connectivity index (χ0) is 23.3. The quantitative estimate of drug-likeness (QED) is 0.553. The summed E-state index contributed by atoms with van der Waals surface area (Å²) < 4.78 is 0. The van der Waals surface area contributed by atoms with Crippen LogP contribution in [0.2, 0.25) is 0 Å². The lowest BCUT2D eigenvalue weighted by atomic mass is 9.64. The Morgan fingerprint density at radius 2 is 1.81 bits per heavy atom. The van der Waals surface area contributed by atoms with Crippen molar-refractivity contribution < 1.29 is 14.7 Å². The molecule has 1 aliphatic rings. The number of anilines is 2. The van der Waals surface area contributed by atoms with E-state index in [9.17, 15) is 14.7 Å². The maximum atomic E-state index is 12.9. The average molecular weight is 438 g/mol. The fourth-order valence-electron chi connectivity index (χ4n) is 4.40. The standard InChI is InChI=1S/C26H35N3O3/c1-18(2)16-29(17-19(3)4)23-9-8-21(26(25(31)32)10-6-11-26)14-22(23)28-24(30)13-20-7-5-12-27-15-20/h5,7-9,12,14-15,18-19H,6,10-11,13,16-17H2,1-4H3,(H,28,30)(H,31,32). The summed E-state index contributed by atoms with van der Waals surface area (Å²) in [4.78, 5) is 31.4. The van der Waals surface area contributed by atoms with Crippen molar-refractivity contribution in [1.82, 2.24) is 4.98 Å². The zero-order valence-electron chi connectivity index (χ0n) is 19.6. The first-order valence-electron chi connectivity index (χ1n) is 11.5. The lowest BCUT2D eigenvalue weighted by Gasteiger charge is -2.39. The minimum Gasteiger partial charge on any atom is -0.481 e. The van der Waals surface area contributed by atoms with E-state index < -0.39 is 11.4 Å². The number of carboxylic acid groups (broad SMARTS) is 1. The van der Waals surface area contributed by atoms with Crippen LogP contribution in [0.15, 0.2) is 42.7 Å². The van der Waals surface area contributed by atoms with Gasteiger partial charge in [-0.15, -0.1) is 0 Å². The summed E-state index contributed by atoms with van der Waals surface area (Å²) in [6.07, 6.45) is 5.76. The van der Waals surface area contributed by atoms with Gasteiger partial charge in [-0.3, -0.25) is 14.6 Å². The monoisotopic (exact) mass is 437 g/mol. The van der Waals surface area contributed by atoms with Crippen LogP contribution in [0.5, 0.6) is 0 Å². The number of rotatable bonds is 10. The molecular formula is C26H35N3O3. The fraction of sp³-hybridized carbons (Fsp3) is 0.500. The Hall–Kier alpha value is -2.89. The van der Waals surface area contributed by atoms with E-state index in [1.807, 2.05) is 30.3 Å². The number of nitrogens with one attached hydrogen (secondary N) is 1. The first-order valence-corrected chi connectivity index (χ1v) is 11.5. The van der Waals surface area contributed by atoms with Crippen molar-refractivity contribution in [3.63, 3.8) is 0 Å². The van der Waals surface area contributed by atoms with Crippen molar-refractivity contribution in [2.24, 2.45) is 11.8 Å². The molecule has 32 heavy (non-hydrogen) atoms. The largest absolute Gasteiger partial charge is 0.481 e. The highest BCUT2D eigenvalue weighted by Crippen LogP contribution is 2.46. The third kappa shape index (κ3) is 5.47. The molecule has 0 aliphatic heterocycles. The summed E-state index contributed by atoms with van der Waals surface area (Å²) in [6, 6.07) is 9.50. The molecular weight excluding hydrogens is 402 g/mol. The van der Waals surface area contributed by atoms with E-state index in [2.05, 4.69) is 42.9 Å². The molecule has 0 saturated heterocycles. The molecule has 0 bridgehead atoms. The van der Waals surface area contributed by atoms with Crippen LogP contribution in [0.4, 0.5) is 11.4 Å². The van der Waals surface area contributed by atoms with Crippen molar-refractivity contribution in [3.8, 4) is 0 Å². The Morgan fingerprint density at radius 1 is 1.12 bits per heavy atom. The highest BCUT2D eigenvalue weighted by molar-refractivity contribution is 5.96. The number of carboxylic acids is 1. The van der Waals surface area contributed by atoms with Crippen molar-refractivity contribution in [1.29, 1.82) is 0 Å². The summed E-state index contributed by atoms with van der Waals surface area (Å²) in [5, 5.41) is 13.0. The third-order valence-electron chi connectivity index (χ3n) is 6.04. The van der Waals surface area contributed by atoms with Gasteiger partial charge >= 0.3 is 5.97 Å². The maximum Gasteiger partial charge on any atom is 0.314 e. The minimum absolute atomic E-state index is 0.136. The summed E-state index contributed by atoms with van der Waals surface area (Å²) in [5.74, 6) is -0.0255. The van der Waals surface area contributed by atoms with Gasteiger partial charge in [-0.1, -0.05) is 46.2 Å². The molecule has 0 atom stereocenters. The number of nitrogens with zero attached hydrogens (tertiary/aromatic N) is 2. The molecule has 1 saturated carbocycles. The molecule has 0 spiro atoms. The van der Waals surface area contributed by atoms with Crippen molar-refractivity contribution in [2.45, 2.75) is 58.8 Å². The number of carbonyl (C=O) groups is 2. The van der Waals surface area contributed by atoms with Crippen LogP contribution < -0.4 is 10.2 Å². The number of carbonyl (C=O) groups excluding carboxylic acids is 1. The van der Waals surface area contributed by atoms with Crippen molar-refractivity contribution >= 4 is 23.3 Å². The summed E-state index contributed by atoms with van der Waals surface area (Å²) in [6.45, 7) is 10.4. The smallest absolute Gasteiger partial charge is 0.314 e. The van der Waals surface area contributed by atoms with E-state index in [0.717, 1.165) is 36.3 Å². The van der Waals surface area contributed by atoms with Crippen LogP contribution in [0.25, 0.3) is 0 Å².